The summed E-state index contributed by atoms with van der Waals surface area (Å²) >= 11 is 3.48. The van der Waals surface area contributed by atoms with Crippen LogP contribution in [-0.2, 0) is 9.47 Å². The molecule has 86 valence electrons. The average Bonchev–Trinajstić information content (AvgIpc) is 2.84. The standard InChI is InChI=1S/C11H11BrO4/c1-6-4-13-11(16-6)7-2-9-10(3-8(7)12)15-5-14-9/h2-3,6,11H,4-5H2,1H3. The van der Waals surface area contributed by atoms with E-state index in [4.69, 9.17) is 18.9 Å². The molecule has 4 nitrogen and oxygen atoms in total. The van der Waals surface area contributed by atoms with E-state index in [2.05, 4.69) is 15.9 Å². The summed E-state index contributed by atoms with van der Waals surface area (Å²) in [6.45, 7) is 2.88. The Morgan fingerprint density at radius 3 is 2.69 bits per heavy atom. The van der Waals surface area contributed by atoms with Gasteiger partial charge < -0.3 is 18.9 Å². The van der Waals surface area contributed by atoms with Crippen LogP contribution in [0.5, 0.6) is 11.5 Å². The van der Waals surface area contributed by atoms with Crippen molar-refractivity contribution in [2.45, 2.75) is 19.3 Å². The maximum atomic E-state index is 5.64. The Bertz CT molecular complexity index is 421. The summed E-state index contributed by atoms with van der Waals surface area (Å²) < 4.78 is 22.7. The van der Waals surface area contributed by atoms with Gasteiger partial charge in [0, 0.05) is 10.0 Å². The second kappa shape index (κ2) is 3.91. The van der Waals surface area contributed by atoms with Gasteiger partial charge in [-0.2, -0.15) is 0 Å². The van der Waals surface area contributed by atoms with Gasteiger partial charge in [-0.1, -0.05) is 15.9 Å². The molecule has 0 spiro atoms. The predicted molar refractivity (Wildman–Crippen MR) is 59.5 cm³/mol. The van der Waals surface area contributed by atoms with Crippen LogP contribution in [0.1, 0.15) is 18.8 Å². The van der Waals surface area contributed by atoms with Crippen LogP contribution in [0.2, 0.25) is 0 Å². The van der Waals surface area contributed by atoms with Gasteiger partial charge in [0.15, 0.2) is 17.8 Å². The van der Waals surface area contributed by atoms with E-state index >= 15 is 0 Å². The molecule has 1 aromatic rings. The van der Waals surface area contributed by atoms with Crippen LogP contribution in [0.4, 0.5) is 0 Å². The number of hydrogen-bond donors (Lipinski definition) is 0. The number of fused-ring (bicyclic) bond motifs is 1. The zero-order chi connectivity index (χ0) is 11.1. The molecule has 0 bridgehead atoms. The Morgan fingerprint density at radius 1 is 1.25 bits per heavy atom. The van der Waals surface area contributed by atoms with Crippen LogP contribution < -0.4 is 9.47 Å². The minimum Gasteiger partial charge on any atom is -0.454 e. The quantitative estimate of drug-likeness (QED) is 0.795. The van der Waals surface area contributed by atoms with Crippen LogP contribution in [-0.4, -0.2) is 19.5 Å². The molecule has 2 atom stereocenters. The van der Waals surface area contributed by atoms with E-state index in [0.29, 0.717) is 6.61 Å². The Morgan fingerprint density at radius 2 is 2.00 bits per heavy atom. The molecule has 2 aliphatic heterocycles. The highest BCUT2D eigenvalue weighted by Gasteiger charge is 2.28. The Labute approximate surface area is 102 Å². The first-order chi connectivity index (χ1) is 7.74. The maximum absolute atomic E-state index is 5.64. The first kappa shape index (κ1) is 10.4. The third kappa shape index (κ3) is 1.69. The topological polar surface area (TPSA) is 36.9 Å². The monoisotopic (exact) mass is 286 g/mol. The average molecular weight is 287 g/mol. The van der Waals surface area contributed by atoms with Crippen molar-refractivity contribution in [2.24, 2.45) is 0 Å². The third-order valence-electron chi connectivity index (χ3n) is 2.58. The van der Waals surface area contributed by atoms with Crippen molar-refractivity contribution in [1.29, 1.82) is 0 Å². The van der Waals surface area contributed by atoms with E-state index < -0.39 is 0 Å². The van der Waals surface area contributed by atoms with Gasteiger partial charge in [-0.3, -0.25) is 0 Å². The van der Waals surface area contributed by atoms with Crippen molar-refractivity contribution in [1.82, 2.24) is 0 Å². The van der Waals surface area contributed by atoms with E-state index in [1.54, 1.807) is 0 Å². The molecule has 2 heterocycles. The lowest BCUT2D eigenvalue weighted by Crippen LogP contribution is -2.03. The van der Waals surface area contributed by atoms with Gasteiger partial charge in [-0.05, 0) is 19.1 Å². The molecule has 1 fully saturated rings. The van der Waals surface area contributed by atoms with Crippen molar-refractivity contribution >= 4 is 15.9 Å². The molecule has 0 aliphatic carbocycles. The summed E-state index contributed by atoms with van der Waals surface area (Å²) in [6.07, 6.45) is -0.193. The molecule has 2 unspecified atom stereocenters. The third-order valence-corrected chi connectivity index (χ3v) is 3.27. The van der Waals surface area contributed by atoms with E-state index in [-0.39, 0.29) is 19.2 Å². The van der Waals surface area contributed by atoms with Gasteiger partial charge in [0.05, 0.1) is 12.7 Å². The lowest BCUT2D eigenvalue weighted by atomic mass is 10.2. The number of benzene rings is 1. The van der Waals surface area contributed by atoms with E-state index in [0.717, 1.165) is 21.5 Å². The van der Waals surface area contributed by atoms with E-state index in [9.17, 15) is 0 Å². The van der Waals surface area contributed by atoms with Crippen molar-refractivity contribution in [3.63, 3.8) is 0 Å². The highest BCUT2D eigenvalue weighted by atomic mass is 79.9. The summed E-state index contributed by atoms with van der Waals surface area (Å²) in [5.41, 5.74) is 0.939. The van der Waals surface area contributed by atoms with Crippen LogP contribution in [0.3, 0.4) is 0 Å². The van der Waals surface area contributed by atoms with Crippen molar-refractivity contribution in [3.05, 3.63) is 22.2 Å². The van der Waals surface area contributed by atoms with Crippen molar-refractivity contribution in [2.75, 3.05) is 13.4 Å². The van der Waals surface area contributed by atoms with Gasteiger partial charge >= 0.3 is 0 Å². The molecule has 5 heteroatoms. The predicted octanol–water partition coefficient (Wildman–Crippen LogP) is 2.61. The van der Waals surface area contributed by atoms with Crippen LogP contribution in [0, 0.1) is 0 Å². The molecular formula is C11H11BrO4. The van der Waals surface area contributed by atoms with E-state index in [1.807, 2.05) is 19.1 Å². The summed E-state index contributed by atoms with van der Waals surface area (Å²) in [6, 6.07) is 3.78. The molecule has 3 rings (SSSR count). The number of halogens is 1. The Kier molecular flexibility index (Phi) is 2.53. The fraction of sp³-hybridized carbons (Fsp3) is 0.455. The smallest absolute Gasteiger partial charge is 0.231 e. The largest absolute Gasteiger partial charge is 0.454 e. The number of hydrogen-bond acceptors (Lipinski definition) is 4. The molecule has 0 N–H and O–H groups in total. The van der Waals surface area contributed by atoms with Crippen LogP contribution in [0.15, 0.2) is 16.6 Å². The molecule has 1 saturated heterocycles. The lowest BCUT2D eigenvalue weighted by molar-refractivity contribution is -0.0577. The first-order valence-electron chi connectivity index (χ1n) is 5.10. The number of ether oxygens (including phenoxy) is 4. The van der Waals surface area contributed by atoms with Gasteiger partial charge in [-0.25, -0.2) is 0 Å². The SMILES string of the molecule is CC1COC(c2cc3c(cc2Br)OCO3)O1. The summed E-state index contributed by atoms with van der Waals surface area (Å²) in [7, 11) is 0. The second-order valence-corrected chi connectivity index (χ2v) is 4.69. The summed E-state index contributed by atoms with van der Waals surface area (Å²) in [5, 5.41) is 0. The molecular weight excluding hydrogens is 276 g/mol. The molecule has 1 aromatic carbocycles. The summed E-state index contributed by atoms with van der Waals surface area (Å²) in [4.78, 5) is 0. The van der Waals surface area contributed by atoms with Gasteiger partial charge in [0.25, 0.3) is 0 Å². The molecule has 0 radical (unpaired) electrons. The minimum absolute atomic E-state index is 0.127. The zero-order valence-corrected chi connectivity index (χ0v) is 10.3. The normalized spacial score (nSPS) is 27.4. The first-order valence-corrected chi connectivity index (χ1v) is 5.89. The lowest BCUT2D eigenvalue weighted by Gasteiger charge is -2.12. The van der Waals surface area contributed by atoms with Crippen LogP contribution >= 0.6 is 15.9 Å². The van der Waals surface area contributed by atoms with Crippen LogP contribution in [0.25, 0.3) is 0 Å². The van der Waals surface area contributed by atoms with Gasteiger partial charge in [0.1, 0.15) is 0 Å². The minimum atomic E-state index is -0.320. The molecule has 0 aromatic heterocycles. The molecule has 0 amide bonds. The molecule has 0 saturated carbocycles. The Balaban J connectivity index is 1.95. The number of rotatable bonds is 1. The molecule has 16 heavy (non-hydrogen) atoms. The Hall–Kier alpha value is -0.780. The second-order valence-electron chi connectivity index (χ2n) is 3.84. The highest BCUT2D eigenvalue weighted by molar-refractivity contribution is 9.10. The van der Waals surface area contributed by atoms with Crippen molar-refractivity contribution in [3.8, 4) is 11.5 Å². The van der Waals surface area contributed by atoms with Crippen molar-refractivity contribution < 1.29 is 18.9 Å². The van der Waals surface area contributed by atoms with Gasteiger partial charge in [0.2, 0.25) is 6.79 Å². The molecule has 2 aliphatic rings. The fourth-order valence-electron chi connectivity index (χ4n) is 1.79. The highest BCUT2D eigenvalue weighted by Crippen LogP contribution is 2.41. The maximum Gasteiger partial charge on any atom is 0.231 e. The zero-order valence-electron chi connectivity index (χ0n) is 8.73. The van der Waals surface area contributed by atoms with E-state index in [1.165, 1.54) is 0 Å². The summed E-state index contributed by atoms with van der Waals surface area (Å²) in [5.74, 6) is 1.49. The van der Waals surface area contributed by atoms with Gasteiger partial charge in [-0.15, -0.1) is 0 Å². The fourth-order valence-corrected chi connectivity index (χ4v) is 2.30.